The highest BCUT2D eigenvalue weighted by molar-refractivity contribution is 5.93. The van der Waals surface area contributed by atoms with Crippen molar-refractivity contribution >= 4 is 17.6 Å². The van der Waals surface area contributed by atoms with Crippen LogP contribution in [0.5, 0.6) is 0 Å². The van der Waals surface area contributed by atoms with Crippen molar-refractivity contribution in [3.63, 3.8) is 0 Å². The summed E-state index contributed by atoms with van der Waals surface area (Å²) in [5.74, 6) is -1.10. The molecule has 0 saturated heterocycles. The van der Waals surface area contributed by atoms with Gasteiger partial charge in [0.05, 0.1) is 10.5 Å². The Kier molecular flexibility index (Phi) is 6.51. The van der Waals surface area contributed by atoms with Crippen molar-refractivity contribution in [3.05, 3.63) is 75.3 Å². The zero-order chi connectivity index (χ0) is 20.9. The van der Waals surface area contributed by atoms with Crippen molar-refractivity contribution in [3.8, 4) is 0 Å². The first-order valence-electron chi connectivity index (χ1n) is 8.87. The number of amides is 1. The molecule has 0 fully saturated rings. The average molecular weight is 384 g/mol. The number of carbonyl (C=O) groups excluding carboxylic acids is 2. The average Bonchev–Trinajstić information content (AvgIpc) is 2.63. The lowest BCUT2D eigenvalue weighted by atomic mass is 10.0. The highest BCUT2D eigenvalue weighted by Gasteiger charge is 2.28. The van der Waals surface area contributed by atoms with E-state index in [2.05, 4.69) is 0 Å². The topological polar surface area (TPSA) is 89.8 Å². The maximum atomic E-state index is 12.7. The van der Waals surface area contributed by atoms with Crippen LogP contribution in [0.1, 0.15) is 42.3 Å². The van der Waals surface area contributed by atoms with Gasteiger partial charge >= 0.3 is 5.97 Å². The van der Waals surface area contributed by atoms with E-state index < -0.39 is 23.0 Å². The molecule has 0 bridgehead atoms. The van der Waals surface area contributed by atoms with Gasteiger partial charge in [0, 0.05) is 23.7 Å². The molecule has 0 aliphatic carbocycles. The number of nitrogens with zero attached hydrogens (tertiary/aromatic N) is 2. The van der Waals surface area contributed by atoms with E-state index in [9.17, 15) is 19.7 Å². The lowest BCUT2D eigenvalue weighted by molar-refractivity contribution is -0.385. The maximum Gasteiger partial charge on any atom is 0.339 e. The molecule has 1 amide bonds. The Labute approximate surface area is 164 Å². The van der Waals surface area contributed by atoms with Crippen LogP contribution in [0.3, 0.4) is 0 Å². The van der Waals surface area contributed by atoms with Gasteiger partial charge in [0.2, 0.25) is 0 Å². The fourth-order valence-corrected chi connectivity index (χ4v) is 2.79. The number of hydrogen-bond donors (Lipinski definition) is 0. The first kappa shape index (κ1) is 21.1. The van der Waals surface area contributed by atoms with E-state index in [0.717, 1.165) is 5.56 Å². The van der Waals surface area contributed by atoms with Gasteiger partial charge in [-0.3, -0.25) is 14.9 Å². The van der Waals surface area contributed by atoms with Crippen LogP contribution >= 0.6 is 0 Å². The molecule has 0 saturated carbocycles. The summed E-state index contributed by atoms with van der Waals surface area (Å²) in [6.07, 6.45) is 0. The molecule has 2 rings (SSSR count). The van der Waals surface area contributed by atoms with E-state index in [1.165, 1.54) is 25.1 Å². The largest absolute Gasteiger partial charge is 0.452 e. The predicted octanol–water partition coefficient (Wildman–Crippen LogP) is 3.89. The SMILES string of the molecule is Cc1c(C(=O)OCC(=O)N(Cc2ccccc2)C(C)(C)C)cccc1[N+](=O)[O-]. The molecule has 0 aliphatic rings. The molecule has 0 aromatic heterocycles. The summed E-state index contributed by atoms with van der Waals surface area (Å²) in [5.41, 5.74) is 0.614. The van der Waals surface area contributed by atoms with Crippen molar-refractivity contribution in [1.82, 2.24) is 4.90 Å². The fraction of sp³-hybridized carbons (Fsp3) is 0.333. The minimum atomic E-state index is -0.761. The quantitative estimate of drug-likeness (QED) is 0.428. The second kappa shape index (κ2) is 8.65. The normalized spacial score (nSPS) is 11.0. The van der Waals surface area contributed by atoms with Crippen LogP contribution in [0.2, 0.25) is 0 Å². The number of rotatable bonds is 6. The van der Waals surface area contributed by atoms with Crippen LogP contribution in [0.4, 0.5) is 5.69 Å². The van der Waals surface area contributed by atoms with Crippen molar-refractivity contribution < 1.29 is 19.2 Å². The van der Waals surface area contributed by atoms with Crippen molar-refractivity contribution in [2.75, 3.05) is 6.61 Å². The zero-order valence-electron chi connectivity index (χ0n) is 16.5. The molecule has 2 aromatic carbocycles. The summed E-state index contributed by atoms with van der Waals surface area (Å²) in [7, 11) is 0. The molecule has 0 aliphatic heterocycles. The number of ether oxygens (including phenoxy) is 1. The van der Waals surface area contributed by atoms with Gasteiger partial charge in [0.1, 0.15) is 0 Å². The third-order valence-corrected chi connectivity index (χ3v) is 4.34. The molecule has 0 radical (unpaired) electrons. The van der Waals surface area contributed by atoms with Gasteiger partial charge in [0.25, 0.3) is 11.6 Å². The van der Waals surface area contributed by atoms with Crippen molar-refractivity contribution in [2.45, 2.75) is 39.8 Å². The molecule has 0 N–H and O–H groups in total. The molecular formula is C21H24N2O5. The lowest BCUT2D eigenvalue weighted by Gasteiger charge is -2.35. The summed E-state index contributed by atoms with van der Waals surface area (Å²) in [5, 5.41) is 11.0. The monoisotopic (exact) mass is 384 g/mol. The smallest absolute Gasteiger partial charge is 0.339 e. The summed E-state index contributed by atoms with van der Waals surface area (Å²) in [6, 6.07) is 13.7. The number of carbonyl (C=O) groups is 2. The summed E-state index contributed by atoms with van der Waals surface area (Å²) < 4.78 is 5.17. The first-order chi connectivity index (χ1) is 13.1. The summed E-state index contributed by atoms with van der Waals surface area (Å²) in [4.78, 5) is 37.2. The molecule has 0 spiro atoms. The van der Waals surface area contributed by atoms with Gasteiger partial charge in [-0.25, -0.2) is 4.79 Å². The number of hydrogen-bond acceptors (Lipinski definition) is 5. The van der Waals surface area contributed by atoms with E-state index in [-0.39, 0.29) is 22.7 Å². The van der Waals surface area contributed by atoms with Gasteiger partial charge in [-0.2, -0.15) is 0 Å². The maximum absolute atomic E-state index is 12.7. The van der Waals surface area contributed by atoms with Crippen LogP contribution in [-0.2, 0) is 16.1 Å². The molecule has 0 unspecified atom stereocenters. The molecule has 0 atom stereocenters. The van der Waals surface area contributed by atoms with Crippen molar-refractivity contribution in [2.24, 2.45) is 0 Å². The van der Waals surface area contributed by atoms with Gasteiger partial charge in [0.15, 0.2) is 6.61 Å². The van der Waals surface area contributed by atoms with Crippen LogP contribution in [0.15, 0.2) is 48.5 Å². The Morgan fingerprint density at radius 3 is 2.29 bits per heavy atom. The van der Waals surface area contributed by atoms with Gasteiger partial charge in [-0.1, -0.05) is 36.4 Å². The highest BCUT2D eigenvalue weighted by atomic mass is 16.6. The number of nitro benzene ring substituents is 1. The first-order valence-corrected chi connectivity index (χ1v) is 8.87. The Morgan fingerprint density at radius 1 is 1.07 bits per heavy atom. The molecule has 7 nitrogen and oxygen atoms in total. The van der Waals surface area contributed by atoms with Gasteiger partial charge < -0.3 is 9.64 Å². The van der Waals surface area contributed by atoms with E-state index in [1.807, 2.05) is 51.1 Å². The standard InChI is InChI=1S/C21H24N2O5/c1-15-17(11-8-12-18(15)23(26)27)20(25)28-14-19(24)22(21(2,3)4)13-16-9-6-5-7-10-16/h5-12H,13-14H2,1-4H3. The lowest BCUT2D eigenvalue weighted by Crippen LogP contribution is -2.46. The zero-order valence-corrected chi connectivity index (χ0v) is 16.5. The van der Waals surface area contributed by atoms with Crippen LogP contribution in [0.25, 0.3) is 0 Å². The molecular weight excluding hydrogens is 360 g/mol. The third-order valence-electron chi connectivity index (χ3n) is 4.34. The Morgan fingerprint density at radius 2 is 1.71 bits per heavy atom. The minimum absolute atomic E-state index is 0.0763. The van der Waals surface area contributed by atoms with E-state index in [4.69, 9.17) is 4.74 Å². The van der Waals surface area contributed by atoms with Gasteiger partial charge in [-0.15, -0.1) is 0 Å². The van der Waals surface area contributed by atoms with Gasteiger partial charge in [-0.05, 0) is 39.3 Å². The van der Waals surface area contributed by atoms with Crippen LogP contribution < -0.4 is 0 Å². The van der Waals surface area contributed by atoms with Crippen molar-refractivity contribution in [1.29, 1.82) is 0 Å². The summed E-state index contributed by atoms with van der Waals surface area (Å²) in [6.45, 7) is 7.14. The van der Waals surface area contributed by atoms with E-state index in [1.54, 1.807) is 4.90 Å². The Bertz CT molecular complexity index is 872. The number of nitro groups is 1. The fourth-order valence-electron chi connectivity index (χ4n) is 2.79. The highest BCUT2D eigenvalue weighted by Crippen LogP contribution is 2.22. The molecule has 28 heavy (non-hydrogen) atoms. The molecule has 2 aromatic rings. The molecule has 0 heterocycles. The Hall–Kier alpha value is -3.22. The Balaban J connectivity index is 2.11. The van der Waals surface area contributed by atoms with Crippen LogP contribution in [0, 0.1) is 17.0 Å². The minimum Gasteiger partial charge on any atom is -0.452 e. The predicted molar refractivity (Wildman–Crippen MR) is 105 cm³/mol. The van der Waals surface area contributed by atoms with E-state index in [0.29, 0.717) is 6.54 Å². The number of esters is 1. The molecule has 148 valence electrons. The second-order valence-corrected chi connectivity index (χ2v) is 7.42. The summed E-state index contributed by atoms with van der Waals surface area (Å²) >= 11 is 0. The molecule has 7 heteroatoms. The van der Waals surface area contributed by atoms with E-state index >= 15 is 0 Å². The van der Waals surface area contributed by atoms with Crippen LogP contribution in [-0.4, -0.2) is 33.8 Å². The third kappa shape index (κ3) is 5.16. The number of benzene rings is 2. The second-order valence-electron chi connectivity index (χ2n) is 7.42.